The minimum Gasteiger partial charge on any atom is -0.370 e. The fourth-order valence-electron chi connectivity index (χ4n) is 3.32. The standard InChI is InChI=1S/C10H18N2O/c11-9(13)6-10(12)5-4-7-2-1-3-8(7)10/h7-8H,1-6,12H2,(H2,11,13). The zero-order valence-corrected chi connectivity index (χ0v) is 7.96. The van der Waals surface area contributed by atoms with Crippen molar-refractivity contribution in [3.05, 3.63) is 0 Å². The Bertz CT molecular complexity index is 229. The van der Waals surface area contributed by atoms with Crippen LogP contribution in [0.5, 0.6) is 0 Å². The Hall–Kier alpha value is -0.570. The number of fused-ring (bicyclic) bond motifs is 1. The summed E-state index contributed by atoms with van der Waals surface area (Å²) in [4.78, 5) is 10.9. The van der Waals surface area contributed by atoms with Gasteiger partial charge in [0, 0.05) is 12.0 Å². The van der Waals surface area contributed by atoms with E-state index >= 15 is 0 Å². The second-order valence-electron chi connectivity index (χ2n) is 4.71. The molecule has 13 heavy (non-hydrogen) atoms. The van der Waals surface area contributed by atoms with Gasteiger partial charge in [0.05, 0.1) is 0 Å². The number of primary amides is 1. The van der Waals surface area contributed by atoms with Crippen LogP contribution in [0.3, 0.4) is 0 Å². The lowest BCUT2D eigenvalue weighted by Gasteiger charge is -2.29. The summed E-state index contributed by atoms with van der Waals surface area (Å²) in [5.74, 6) is 1.11. The molecule has 3 heteroatoms. The highest BCUT2D eigenvalue weighted by molar-refractivity contribution is 5.75. The van der Waals surface area contributed by atoms with Crippen LogP contribution in [0, 0.1) is 11.8 Å². The Balaban J connectivity index is 2.09. The summed E-state index contributed by atoms with van der Waals surface area (Å²) >= 11 is 0. The summed E-state index contributed by atoms with van der Waals surface area (Å²) < 4.78 is 0. The van der Waals surface area contributed by atoms with E-state index < -0.39 is 0 Å². The molecule has 2 aliphatic carbocycles. The van der Waals surface area contributed by atoms with Crippen molar-refractivity contribution in [2.24, 2.45) is 23.3 Å². The quantitative estimate of drug-likeness (QED) is 0.662. The zero-order chi connectivity index (χ0) is 9.47. The molecule has 1 amide bonds. The van der Waals surface area contributed by atoms with Crippen molar-refractivity contribution in [1.82, 2.24) is 0 Å². The number of nitrogens with two attached hydrogens (primary N) is 2. The topological polar surface area (TPSA) is 69.1 Å². The third kappa shape index (κ3) is 1.46. The lowest BCUT2D eigenvalue weighted by atomic mass is 9.82. The van der Waals surface area contributed by atoms with Crippen LogP contribution in [0.1, 0.15) is 38.5 Å². The van der Waals surface area contributed by atoms with Crippen molar-refractivity contribution in [3.63, 3.8) is 0 Å². The first kappa shape index (κ1) is 9.00. The molecule has 0 spiro atoms. The highest BCUT2D eigenvalue weighted by atomic mass is 16.1. The zero-order valence-electron chi connectivity index (χ0n) is 7.96. The van der Waals surface area contributed by atoms with Gasteiger partial charge in [-0.25, -0.2) is 0 Å². The molecule has 2 aliphatic rings. The maximum atomic E-state index is 10.9. The van der Waals surface area contributed by atoms with Gasteiger partial charge in [-0.15, -0.1) is 0 Å². The first-order chi connectivity index (χ1) is 6.12. The Morgan fingerprint density at radius 1 is 1.38 bits per heavy atom. The molecule has 0 aliphatic heterocycles. The second-order valence-corrected chi connectivity index (χ2v) is 4.71. The van der Waals surface area contributed by atoms with E-state index in [9.17, 15) is 4.79 Å². The average molecular weight is 182 g/mol. The van der Waals surface area contributed by atoms with Crippen LogP contribution in [0.2, 0.25) is 0 Å². The SMILES string of the molecule is NC(=O)CC1(N)CCC2CCCC21. The van der Waals surface area contributed by atoms with Crippen molar-refractivity contribution in [2.45, 2.75) is 44.1 Å². The smallest absolute Gasteiger partial charge is 0.219 e. The first-order valence-corrected chi connectivity index (χ1v) is 5.19. The summed E-state index contributed by atoms with van der Waals surface area (Å²) in [5, 5.41) is 0. The number of amides is 1. The minimum atomic E-state index is -0.257. The van der Waals surface area contributed by atoms with Gasteiger partial charge in [0.1, 0.15) is 0 Å². The molecule has 3 unspecified atom stereocenters. The minimum absolute atomic E-state index is 0.241. The summed E-state index contributed by atoms with van der Waals surface area (Å²) in [7, 11) is 0. The Morgan fingerprint density at radius 2 is 2.15 bits per heavy atom. The molecule has 0 saturated heterocycles. The number of hydrogen-bond donors (Lipinski definition) is 2. The maximum Gasteiger partial charge on any atom is 0.219 e. The largest absolute Gasteiger partial charge is 0.370 e. The summed E-state index contributed by atoms with van der Waals surface area (Å²) in [6, 6.07) is 0. The van der Waals surface area contributed by atoms with Crippen LogP contribution in [0.15, 0.2) is 0 Å². The molecule has 0 bridgehead atoms. The van der Waals surface area contributed by atoms with E-state index in [2.05, 4.69) is 0 Å². The van der Waals surface area contributed by atoms with E-state index in [0.717, 1.165) is 12.3 Å². The molecule has 0 aromatic rings. The molecule has 4 N–H and O–H groups in total. The van der Waals surface area contributed by atoms with Crippen LogP contribution in [0.4, 0.5) is 0 Å². The average Bonchev–Trinajstić information content (AvgIpc) is 2.54. The fourth-order valence-corrected chi connectivity index (χ4v) is 3.32. The van der Waals surface area contributed by atoms with E-state index in [1.165, 1.54) is 25.7 Å². The highest BCUT2D eigenvalue weighted by Crippen LogP contribution is 2.49. The molecule has 2 rings (SSSR count). The third-order valence-electron chi connectivity index (χ3n) is 3.88. The van der Waals surface area contributed by atoms with Gasteiger partial charge in [-0.05, 0) is 31.1 Å². The van der Waals surface area contributed by atoms with Crippen molar-refractivity contribution in [3.8, 4) is 0 Å². The molecule has 0 aromatic carbocycles. The van der Waals surface area contributed by atoms with Gasteiger partial charge < -0.3 is 11.5 Å². The van der Waals surface area contributed by atoms with Crippen LogP contribution in [0.25, 0.3) is 0 Å². The molecule has 3 atom stereocenters. The molecule has 0 radical (unpaired) electrons. The van der Waals surface area contributed by atoms with E-state index in [1.54, 1.807) is 0 Å². The first-order valence-electron chi connectivity index (χ1n) is 5.19. The number of carbonyl (C=O) groups is 1. The van der Waals surface area contributed by atoms with E-state index in [0.29, 0.717) is 12.3 Å². The van der Waals surface area contributed by atoms with Crippen molar-refractivity contribution in [1.29, 1.82) is 0 Å². The van der Waals surface area contributed by atoms with Crippen LogP contribution in [-0.4, -0.2) is 11.4 Å². The summed E-state index contributed by atoms with van der Waals surface area (Å²) in [6.45, 7) is 0. The molecule has 3 nitrogen and oxygen atoms in total. The molecule has 2 fully saturated rings. The highest BCUT2D eigenvalue weighted by Gasteiger charge is 2.48. The van der Waals surface area contributed by atoms with Crippen molar-refractivity contribution >= 4 is 5.91 Å². The lowest BCUT2D eigenvalue weighted by molar-refractivity contribution is -0.119. The normalized spacial score (nSPS) is 43.5. The van der Waals surface area contributed by atoms with Crippen molar-refractivity contribution in [2.75, 3.05) is 0 Å². The van der Waals surface area contributed by atoms with E-state index in [1.807, 2.05) is 0 Å². The second kappa shape index (κ2) is 2.98. The molecule has 0 aromatic heterocycles. The van der Waals surface area contributed by atoms with Crippen LogP contribution in [-0.2, 0) is 4.79 Å². The number of rotatable bonds is 2. The Labute approximate surface area is 78.9 Å². The number of carbonyl (C=O) groups excluding carboxylic acids is 1. The van der Waals surface area contributed by atoms with Crippen molar-refractivity contribution < 1.29 is 4.79 Å². The van der Waals surface area contributed by atoms with Gasteiger partial charge in [0.15, 0.2) is 0 Å². The van der Waals surface area contributed by atoms with Gasteiger partial charge in [0.2, 0.25) is 5.91 Å². The molecule has 0 heterocycles. The number of hydrogen-bond acceptors (Lipinski definition) is 2. The molecule has 74 valence electrons. The predicted molar refractivity (Wildman–Crippen MR) is 50.8 cm³/mol. The lowest BCUT2D eigenvalue weighted by Crippen LogP contribution is -2.46. The van der Waals surface area contributed by atoms with E-state index in [-0.39, 0.29) is 11.4 Å². The molecular weight excluding hydrogens is 164 g/mol. The van der Waals surface area contributed by atoms with E-state index in [4.69, 9.17) is 11.5 Å². The van der Waals surface area contributed by atoms with Gasteiger partial charge in [-0.1, -0.05) is 12.8 Å². The molecule has 2 saturated carbocycles. The van der Waals surface area contributed by atoms with Gasteiger partial charge >= 0.3 is 0 Å². The Kier molecular flexibility index (Phi) is 2.06. The monoisotopic (exact) mass is 182 g/mol. The maximum absolute atomic E-state index is 10.9. The Morgan fingerprint density at radius 3 is 2.85 bits per heavy atom. The third-order valence-corrected chi connectivity index (χ3v) is 3.88. The van der Waals surface area contributed by atoms with Gasteiger partial charge in [-0.3, -0.25) is 4.79 Å². The summed E-state index contributed by atoms with van der Waals surface area (Å²) in [5.41, 5.74) is 11.2. The van der Waals surface area contributed by atoms with Gasteiger partial charge in [0.25, 0.3) is 0 Å². The van der Waals surface area contributed by atoms with Crippen LogP contribution < -0.4 is 11.5 Å². The predicted octanol–water partition coefficient (Wildman–Crippen LogP) is 0.769. The fraction of sp³-hybridized carbons (Fsp3) is 0.900. The summed E-state index contributed by atoms with van der Waals surface area (Å²) in [6.07, 6.45) is 6.37. The van der Waals surface area contributed by atoms with Gasteiger partial charge in [-0.2, -0.15) is 0 Å². The molecular formula is C10H18N2O. The van der Waals surface area contributed by atoms with Crippen LogP contribution >= 0.6 is 0 Å².